The summed E-state index contributed by atoms with van der Waals surface area (Å²) in [5, 5.41) is 3.35. The van der Waals surface area contributed by atoms with Crippen molar-refractivity contribution in [1.82, 2.24) is 19.9 Å². The van der Waals surface area contributed by atoms with Crippen LogP contribution in [-0.2, 0) is 11.3 Å². The first-order valence-electron chi connectivity index (χ1n) is 7.02. The number of fused-ring (bicyclic) bond motifs is 1. The van der Waals surface area contributed by atoms with Crippen LogP contribution in [0.5, 0.6) is 0 Å². The topological polar surface area (TPSA) is 59.8 Å². The number of aromatic nitrogens is 3. The molecule has 2 unspecified atom stereocenters. The minimum Gasteiger partial charge on any atom is -0.356 e. The second-order valence-electron chi connectivity index (χ2n) is 5.42. The van der Waals surface area contributed by atoms with Crippen LogP contribution in [0.15, 0.2) is 16.7 Å². The molecule has 1 aliphatic rings. The fraction of sp³-hybridized carbons (Fsp3) is 0.500. The van der Waals surface area contributed by atoms with Gasteiger partial charge in [-0.15, -0.1) is 0 Å². The number of halogens is 2. The van der Waals surface area contributed by atoms with Gasteiger partial charge in [0.05, 0.1) is 0 Å². The van der Waals surface area contributed by atoms with Gasteiger partial charge in [0.25, 0.3) is 0 Å². The van der Waals surface area contributed by atoms with Gasteiger partial charge in [0, 0.05) is 30.2 Å². The van der Waals surface area contributed by atoms with E-state index in [-0.39, 0.29) is 5.91 Å². The zero-order chi connectivity index (χ0) is 15.0. The van der Waals surface area contributed by atoms with E-state index >= 15 is 0 Å². The number of hydrogen-bond acceptors (Lipinski definition) is 3. The molecule has 1 amide bonds. The Morgan fingerprint density at radius 1 is 1.62 bits per heavy atom. The molecule has 3 rings (SSSR count). The molecule has 0 spiro atoms. The maximum absolute atomic E-state index is 11.4. The van der Waals surface area contributed by atoms with E-state index in [0.717, 1.165) is 35.1 Å². The molecule has 1 fully saturated rings. The van der Waals surface area contributed by atoms with Crippen molar-refractivity contribution in [3.05, 3.63) is 22.0 Å². The number of imidazole rings is 1. The predicted molar refractivity (Wildman–Crippen MR) is 85.1 cm³/mol. The molecule has 0 radical (unpaired) electrons. The summed E-state index contributed by atoms with van der Waals surface area (Å²) >= 11 is 9.66. The maximum Gasteiger partial charge on any atom is 0.220 e. The van der Waals surface area contributed by atoms with E-state index in [1.165, 1.54) is 0 Å². The highest BCUT2D eigenvalue weighted by Crippen LogP contribution is 2.28. The Morgan fingerprint density at radius 3 is 3.10 bits per heavy atom. The number of carbonyl (C=O) groups excluding carboxylic acids is 1. The monoisotopic (exact) mass is 370 g/mol. The summed E-state index contributed by atoms with van der Waals surface area (Å²) in [5.74, 6) is 0.873. The Morgan fingerprint density at radius 2 is 2.43 bits per heavy atom. The molecular formula is C14H16BrClN4O. The van der Waals surface area contributed by atoms with Gasteiger partial charge in [-0.3, -0.25) is 9.36 Å². The van der Waals surface area contributed by atoms with Gasteiger partial charge in [0.1, 0.15) is 5.52 Å². The summed E-state index contributed by atoms with van der Waals surface area (Å²) in [6.45, 7) is 3.63. The lowest BCUT2D eigenvalue weighted by atomic mass is 9.89. The first kappa shape index (κ1) is 14.8. The predicted octanol–water partition coefficient (Wildman–Crippen LogP) is 3.01. The third kappa shape index (κ3) is 2.92. The molecule has 1 saturated heterocycles. The molecule has 0 aliphatic carbocycles. The van der Waals surface area contributed by atoms with Crippen molar-refractivity contribution in [1.29, 1.82) is 0 Å². The van der Waals surface area contributed by atoms with Crippen LogP contribution in [0.4, 0.5) is 0 Å². The van der Waals surface area contributed by atoms with E-state index in [1.807, 2.05) is 10.6 Å². The zero-order valence-electron chi connectivity index (χ0n) is 11.6. The molecule has 0 saturated carbocycles. The molecule has 0 aromatic carbocycles. The van der Waals surface area contributed by atoms with E-state index in [0.29, 0.717) is 23.5 Å². The second-order valence-corrected chi connectivity index (χ2v) is 6.68. The van der Waals surface area contributed by atoms with Gasteiger partial charge in [0.15, 0.2) is 5.65 Å². The van der Waals surface area contributed by atoms with Crippen LogP contribution in [0.25, 0.3) is 11.2 Å². The summed E-state index contributed by atoms with van der Waals surface area (Å²) in [5.41, 5.74) is 1.57. The van der Waals surface area contributed by atoms with Gasteiger partial charge >= 0.3 is 0 Å². The van der Waals surface area contributed by atoms with Gasteiger partial charge in [0.2, 0.25) is 11.2 Å². The highest BCUT2D eigenvalue weighted by molar-refractivity contribution is 9.10. The maximum atomic E-state index is 11.4. The van der Waals surface area contributed by atoms with Crippen LogP contribution in [0, 0.1) is 11.8 Å². The summed E-state index contributed by atoms with van der Waals surface area (Å²) < 4.78 is 2.83. The molecule has 112 valence electrons. The van der Waals surface area contributed by atoms with Crippen LogP contribution >= 0.6 is 27.5 Å². The summed E-state index contributed by atoms with van der Waals surface area (Å²) in [7, 11) is 0. The molecule has 2 aromatic rings. The Labute approximate surface area is 136 Å². The summed E-state index contributed by atoms with van der Waals surface area (Å²) in [4.78, 5) is 20.2. The molecule has 1 N–H and O–H groups in total. The lowest BCUT2D eigenvalue weighted by Gasteiger charge is -2.21. The van der Waals surface area contributed by atoms with Crippen LogP contribution in [0.3, 0.4) is 0 Å². The van der Waals surface area contributed by atoms with Crippen LogP contribution < -0.4 is 5.32 Å². The van der Waals surface area contributed by atoms with Crippen molar-refractivity contribution in [2.24, 2.45) is 11.8 Å². The number of amides is 1. The Kier molecular flexibility index (Phi) is 4.17. The molecule has 0 bridgehead atoms. The Balaban J connectivity index is 1.89. The smallest absolute Gasteiger partial charge is 0.220 e. The van der Waals surface area contributed by atoms with E-state index in [9.17, 15) is 4.79 Å². The number of nitrogens with zero attached hydrogens (tertiary/aromatic N) is 3. The number of nitrogens with one attached hydrogen (secondary N) is 1. The van der Waals surface area contributed by atoms with E-state index in [2.05, 4.69) is 38.1 Å². The van der Waals surface area contributed by atoms with Gasteiger partial charge in [-0.05, 0) is 45.4 Å². The van der Waals surface area contributed by atoms with E-state index < -0.39 is 0 Å². The third-order valence-electron chi connectivity index (χ3n) is 4.12. The van der Waals surface area contributed by atoms with Gasteiger partial charge in [-0.25, -0.2) is 9.97 Å². The van der Waals surface area contributed by atoms with Crippen molar-refractivity contribution < 1.29 is 4.79 Å². The third-order valence-corrected chi connectivity index (χ3v) is 4.84. The molecule has 7 heteroatoms. The number of carbonyl (C=O) groups is 1. The molecule has 5 nitrogen and oxygen atoms in total. The van der Waals surface area contributed by atoms with Crippen molar-refractivity contribution >= 4 is 44.6 Å². The number of rotatable bonds is 4. The molecule has 3 heterocycles. The normalized spacial score (nSPS) is 20.0. The first-order chi connectivity index (χ1) is 10.1. The standard InChI is InChI=1S/C14H16BrClN4O/c1-2-8(9-3-12(21)17-5-9)7-20-13-11(19-14(20)16)4-10(15)6-18-13/h4,6,8-9H,2-3,5,7H2,1H3,(H,17,21). The number of hydrogen-bond donors (Lipinski definition) is 1. The van der Waals surface area contributed by atoms with Gasteiger partial charge in [-0.2, -0.15) is 0 Å². The molecule has 1 aliphatic heterocycles. The summed E-state index contributed by atoms with van der Waals surface area (Å²) in [6.07, 6.45) is 3.34. The van der Waals surface area contributed by atoms with Crippen LogP contribution in [-0.4, -0.2) is 27.0 Å². The van der Waals surface area contributed by atoms with E-state index in [4.69, 9.17) is 11.6 Å². The molecule has 2 atom stereocenters. The molecular weight excluding hydrogens is 356 g/mol. The SMILES string of the molecule is CCC(Cn1c(Cl)nc2cc(Br)cnc21)C1CNC(=O)C1. The van der Waals surface area contributed by atoms with Crippen LogP contribution in [0.1, 0.15) is 19.8 Å². The summed E-state index contributed by atoms with van der Waals surface area (Å²) in [6, 6.07) is 1.91. The highest BCUT2D eigenvalue weighted by Gasteiger charge is 2.29. The van der Waals surface area contributed by atoms with Crippen molar-refractivity contribution in [2.75, 3.05) is 6.54 Å². The quantitative estimate of drug-likeness (QED) is 0.899. The van der Waals surface area contributed by atoms with Gasteiger partial charge < -0.3 is 5.32 Å². The van der Waals surface area contributed by atoms with Crippen molar-refractivity contribution in [3.8, 4) is 0 Å². The second kappa shape index (κ2) is 5.93. The molecule has 21 heavy (non-hydrogen) atoms. The zero-order valence-corrected chi connectivity index (χ0v) is 14.0. The lowest BCUT2D eigenvalue weighted by molar-refractivity contribution is -0.119. The Hall–Kier alpha value is -1.14. The van der Waals surface area contributed by atoms with Crippen LogP contribution in [0.2, 0.25) is 5.28 Å². The van der Waals surface area contributed by atoms with Crippen molar-refractivity contribution in [2.45, 2.75) is 26.3 Å². The average Bonchev–Trinajstić information content (AvgIpc) is 2.99. The van der Waals surface area contributed by atoms with Crippen molar-refractivity contribution in [3.63, 3.8) is 0 Å². The highest BCUT2D eigenvalue weighted by atomic mass is 79.9. The average molecular weight is 372 g/mol. The van der Waals surface area contributed by atoms with Gasteiger partial charge in [-0.1, -0.05) is 13.3 Å². The fourth-order valence-corrected chi connectivity index (χ4v) is 3.49. The van der Waals surface area contributed by atoms with E-state index in [1.54, 1.807) is 6.20 Å². The number of pyridine rings is 1. The lowest BCUT2D eigenvalue weighted by Crippen LogP contribution is -2.22. The first-order valence-corrected chi connectivity index (χ1v) is 8.19. The molecule has 2 aromatic heterocycles. The fourth-order valence-electron chi connectivity index (χ4n) is 2.93. The Bertz CT molecular complexity index is 687. The minimum absolute atomic E-state index is 0.141. The largest absolute Gasteiger partial charge is 0.356 e. The minimum atomic E-state index is 0.141.